The number of carbonyl (C=O) groups is 1. The van der Waals surface area contributed by atoms with Gasteiger partial charge in [0.2, 0.25) is 16.7 Å². The van der Waals surface area contributed by atoms with Crippen LogP contribution in [-0.4, -0.2) is 16.7 Å². The first-order valence-electron chi connectivity index (χ1n) is 10.0. The molecule has 1 aromatic heterocycles. The molecule has 0 saturated heterocycles. The van der Waals surface area contributed by atoms with Gasteiger partial charge in [-0.05, 0) is 51.8 Å². The minimum Gasteiger partial charge on any atom is -0.444 e. The number of nitrogens with zero attached hydrogens (tertiary/aromatic N) is 2. The Morgan fingerprint density at radius 3 is 2.37 bits per heavy atom. The second kappa shape index (κ2) is 7.41. The third kappa shape index (κ3) is 3.83. The van der Waals surface area contributed by atoms with Gasteiger partial charge in [0.1, 0.15) is 11.1 Å². The number of amides is 1. The lowest BCUT2D eigenvalue weighted by atomic mass is 10.1. The zero-order valence-electron chi connectivity index (χ0n) is 18.0. The molecule has 152 valence electrons. The maximum atomic E-state index is 12.5. The van der Waals surface area contributed by atoms with Crippen molar-refractivity contribution in [1.29, 1.82) is 0 Å². The summed E-state index contributed by atoms with van der Waals surface area (Å²) in [6.45, 7) is 9.55. The number of carbonyl (C=O) groups excluding carboxylic acids is 1. The van der Waals surface area contributed by atoms with Crippen LogP contribution in [0.1, 0.15) is 31.9 Å². The molecule has 3 aromatic carbocycles. The summed E-state index contributed by atoms with van der Waals surface area (Å²) in [5.41, 5.74) is 6.67. The van der Waals surface area contributed by atoms with Gasteiger partial charge in [0.25, 0.3) is 0 Å². The van der Waals surface area contributed by atoms with Gasteiger partial charge in [-0.25, -0.2) is 9.78 Å². The Labute approximate surface area is 176 Å². The lowest BCUT2D eigenvalue weighted by Crippen LogP contribution is -2.34. The molecule has 1 N–H and O–H groups in total. The van der Waals surface area contributed by atoms with E-state index < -0.39 is 11.7 Å². The van der Waals surface area contributed by atoms with Gasteiger partial charge in [0.05, 0.1) is 5.69 Å². The largest absolute Gasteiger partial charge is 0.444 e. The van der Waals surface area contributed by atoms with Gasteiger partial charge < -0.3 is 4.74 Å². The normalized spacial score (nSPS) is 11.6. The Kier molecular flexibility index (Phi) is 4.90. The van der Waals surface area contributed by atoms with Crippen LogP contribution >= 0.6 is 0 Å². The van der Waals surface area contributed by atoms with Gasteiger partial charge >= 0.3 is 6.09 Å². The number of hydrogen-bond donors (Lipinski definition) is 1. The molecular weight excluding hydrogens is 374 g/mol. The maximum absolute atomic E-state index is 12.5. The molecule has 1 heterocycles. The molecule has 5 heteroatoms. The number of anilines is 1. The van der Waals surface area contributed by atoms with Crippen LogP contribution in [0.3, 0.4) is 0 Å². The first-order valence-corrected chi connectivity index (χ1v) is 10.0. The summed E-state index contributed by atoms with van der Waals surface area (Å²) in [7, 11) is 0. The third-order valence-electron chi connectivity index (χ3n) is 4.85. The Hall–Kier alpha value is -3.47. The molecule has 0 aliphatic carbocycles. The maximum Gasteiger partial charge on any atom is 0.412 e. The summed E-state index contributed by atoms with van der Waals surface area (Å²) in [6, 6.07) is 20.5. The molecule has 1 amide bonds. The highest BCUT2D eigenvalue weighted by Gasteiger charge is 2.24. The average molecular weight is 401 g/mol. The van der Waals surface area contributed by atoms with Crippen LogP contribution in [0.15, 0.2) is 60.7 Å². The van der Waals surface area contributed by atoms with E-state index in [2.05, 4.69) is 40.2 Å². The van der Waals surface area contributed by atoms with E-state index in [0.717, 1.165) is 38.9 Å². The Morgan fingerprint density at radius 2 is 1.67 bits per heavy atom. The highest BCUT2D eigenvalue weighted by Crippen LogP contribution is 2.28. The quantitative estimate of drug-likeness (QED) is 0.350. The van der Waals surface area contributed by atoms with E-state index in [1.165, 1.54) is 0 Å². The molecule has 0 fully saturated rings. The summed E-state index contributed by atoms with van der Waals surface area (Å²) >= 11 is 0. The minimum absolute atomic E-state index is 0.490. The zero-order valence-corrected chi connectivity index (χ0v) is 18.0. The molecule has 5 nitrogen and oxygen atoms in total. The molecule has 4 rings (SSSR count). The van der Waals surface area contributed by atoms with Crippen LogP contribution in [-0.2, 0) is 4.74 Å². The molecule has 0 radical (unpaired) electrons. The van der Waals surface area contributed by atoms with E-state index in [-0.39, 0.29) is 0 Å². The van der Waals surface area contributed by atoms with Crippen LogP contribution in [0.5, 0.6) is 0 Å². The number of hydrogen-bond acceptors (Lipinski definition) is 3. The molecule has 0 unspecified atom stereocenters. The number of rotatable bonds is 2. The minimum atomic E-state index is -0.580. The average Bonchev–Trinajstić information content (AvgIpc) is 2.68. The van der Waals surface area contributed by atoms with Crippen molar-refractivity contribution in [3.05, 3.63) is 71.8 Å². The summed E-state index contributed by atoms with van der Waals surface area (Å²) < 4.78 is 7.66. The number of ether oxygens (including phenoxy) is 1. The third-order valence-corrected chi connectivity index (χ3v) is 4.85. The standard InChI is InChI=1S/C25H25N3O2/c1-16-11-13-20-19(15-16)26-23-21(28(20)18-9-7-6-8-10-18)14-12-17(2)22(23)27-24(29)30-25(3,4)5/h6-15H,1-5H3/p+1. The SMILES string of the molecule is Cc1ccc2c(c1)nc1c(NC(=O)OC(C)(C)C)c(C)ccc1[n+]2-c1ccccc1. The van der Waals surface area contributed by atoms with Crippen LogP contribution < -0.4 is 9.88 Å². The van der Waals surface area contributed by atoms with Crippen molar-refractivity contribution < 1.29 is 14.1 Å². The molecule has 0 bridgehead atoms. The van der Waals surface area contributed by atoms with Gasteiger partial charge in [-0.1, -0.05) is 30.3 Å². The van der Waals surface area contributed by atoms with Gasteiger partial charge in [0.15, 0.2) is 5.52 Å². The smallest absolute Gasteiger partial charge is 0.412 e. The van der Waals surface area contributed by atoms with Crippen LogP contribution in [0.4, 0.5) is 10.5 Å². The first kappa shape index (κ1) is 19.8. The fourth-order valence-corrected chi connectivity index (χ4v) is 3.56. The number of para-hydroxylation sites is 1. The van der Waals surface area contributed by atoms with Crippen molar-refractivity contribution in [3.8, 4) is 5.69 Å². The number of fused-ring (bicyclic) bond motifs is 2. The van der Waals surface area contributed by atoms with Crippen molar-refractivity contribution in [2.75, 3.05) is 5.32 Å². The van der Waals surface area contributed by atoms with Crippen LogP contribution in [0.25, 0.3) is 27.8 Å². The summed E-state index contributed by atoms with van der Waals surface area (Å²) in [4.78, 5) is 17.5. The van der Waals surface area contributed by atoms with E-state index in [1.807, 2.05) is 65.0 Å². The summed E-state index contributed by atoms with van der Waals surface area (Å²) in [6.07, 6.45) is -0.490. The summed E-state index contributed by atoms with van der Waals surface area (Å²) in [5.74, 6) is 0. The van der Waals surface area contributed by atoms with Crippen molar-refractivity contribution in [1.82, 2.24) is 4.98 Å². The van der Waals surface area contributed by atoms with Gasteiger partial charge in [-0.2, -0.15) is 0 Å². The highest BCUT2D eigenvalue weighted by molar-refractivity contribution is 5.99. The van der Waals surface area contributed by atoms with Gasteiger partial charge in [-0.15, -0.1) is 4.57 Å². The molecule has 30 heavy (non-hydrogen) atoms. The predicted octanol–water partition coefficient (Wildman–Crippen LogP) is 5.63. The second-order valence-electron chi connectivity index (χ2n) is 8.53. The van der Waals surface area contributed by atoms with E-state index >= 15 is 0 Å². The Morgan fingerprint density at radius 1 is 0.967 bits per heavy atom. The molecule has 0 aliphatic rings. The fourth-order valence-electron chi connectivity index (χ4n) is 3.56. The number of nitrogens with one attached hydrogen (secondary N) is 1. The number of aromatic nitrogens is 2. The van der Waals surface area contributed by atoms with Crippen molar-refractivity contribution in [3.63, 3.8) is 0 Å². The van der Waals surface area contributed by atoms with E-state index in [1.54, 1.807) is 0 Å². The van der Waals surface area contributed by atoms with Gasteiger partial charge in [0, 0.05) is 24.3 Å². The molecule has 0 atom stereocenters. The Balaban J connectivity index is 2.01. The Bertz CT molecular complexity index is 1260. The molecule has 0 aliphatic heterocycles. The molecule has 0 spiro atoms. The van der Waals surface area contributed by atoms with Crippen molar-refractivity contribution in [2.24, 2.45) is 0 Å². The van der Waals surface area contributed by atoms with E-state index in [0.29, 0.717) is 5.69 Å². The second-order valence-corrected chi connectivity index (χ2v) is 8.53. The fraction of sp³-hybridized carbons (Fsp3) is 0.240. The first-order chi connectivity index (χ1) is 14.2. The van der Waals surface area contributed by atoms with Crippen LogP contribution in [0, 0.1) is 13.8 Å². The molecule has 4 aromatic rings. The molecular formula is C25H26N3O2+. The van der Waals surface area contributed by atoms with Crippen molar-refractivity contribution >= 4 is 33.8 Å². The number of aryl methyl sites for hydroxylation is 2. The van der Waals surface area contributed by atoms with E-state index in [9.17, 15) is 4.79 Å². The summed E-state index contributed by atoms with van der Waals surface area (Å²) in [5, 5.41) is 2.93. The monoisotopic (exact) mass is 400 g/mol. The van der Waals surface area contributed by atoms with Crippen molar-refractivity contribution in [2.45, 2.75) is 40.2 Å². The predicted molar refractivity (Wildman–Crippen MR) is 120 cm³/mol. The lowest BCUT2D eigenvalue weighted by molar-refractivity contribution is -0.538. The zero-order chi connectivity index (χ0) is 21.5. The van der Waals surface area contributed by atoms with Gasteiger partial charge in [-0.3, -0.25) is 5.32 Å². The number of benzene rings is 3. The molecule has 0 saturated carbocycles. The highest BCUT2D eigenvalue weighted by atomic mass is 16.6. The van der Waals surface area contributed by atoms with E-state index in [4.69, 9.17) is 9.72 Å². The topological polar surface area (TPSA) is 55.1 Å². The lowest BCUT2D eigenvalue weighted by Gasteiger charge is -2.20. The van der Waals surface area contributed by atoms with Crippen LogP contribution in [0.2, 0.25) is 0 Å².